The van der Waals surface area contributed by atoms with Crippen LogP contribution in [0.5, 0.6) is 0 Å². The largest absolute Gasteiger partial charge is 0.395 e. The maximum Gasteiger partial charge on any atom is 0.0558 e. The molecular formula is C10H22N2O. The van der Waals surface area contributed by atoms with Gasteiger partial charge in [0.15, 0.2) is 0 Å². The average molecular weight is 186 g/mol. The Morgan fingerprint density at radius 3 is 2.31 bits per heavy atom. The fourth-order valence-electron chi connectivity index (χ4n) is 1.62. The number of nitrogens with zero attached hydrogens (tertiary/aromatic N) is 2. The average Bonchev–Trinajstić information content (AvgIpc) is 1.79. The van der Waals surface area contributed by atoms with Crippen LogP contribution in [0.2, 0.25) is 0 Å². The van der Waals surface area contributed by atoms with Gasteiger partial charge in [-0.15, -0.1) is 0 Å². The molecule has 0 unspecified atom stereocenters. The molecule has 78 valence electrons. The first-order valence-corrected chi connectivity index (χ1v) is 5.01. The number of rotatable bonds is 3. The van der Waals surface area contributed by atoms with Crippen LogP contribution >= 0.6 is 0 Å². The third-order valence-electron chi connectivity index (χ3n) is 2.89. The number of aliphatic hydroxyl groups is 1. The van der Waals surface area contributed by atoms with Crippen molar-refractivity contribution in [2.24, 2.45) is 0 Å². The molecule has 0 radical (unpaired) electrons. The van der Waals surface area contributed by atoms with Gasteiger partial charge in [0.1, 0.15) is 0 Å². The normalized spacial score (nSPS) is 20.8. The second-order valence-corrected chi connectivity index (χ2v) is 4.93. The Morgan fingerprint density at radius 2 is 1.92 bits per heavy atom. The fourth-order valence-corrected chi connectivity index (χ4v) is 1.62. The lowest BCUT2D eigenvalue weighted by molar-refractivity contribution is -0.0166. The Balaban J connectivity index is 2.25. The first-order chi connectivity index (χ1) is 5.95. The highest BCUT2D eigenvalue weighted by Crippen LogP contribution is 2.23. The second-order valence-electron chi connectivity index (χ2n) is 4.93. The first-order valence-electron chi connectivity index (χ1n) is 5.01. The van der Waals surface area contributed by atoms with Gasteiger partial charge in [0.2, 0.25) is 0 Å². The zero-order valence-electron chi connectivity index (χ0n) is 9.25. The van der Waals surface area contributed by atoms with Crippen molar-refractivity contribution in [1.29, 1.82) is 0 Å². The molecule has 0 bridgehead atoms. The van der Waals surface area contributed by atoms with Gasteiger partial charge in [0, 0.05) is 31.2 Å². The monoisotopic (exact) mass is 186 g/mol. The van der Waals surface area contributed by atoms with Crippen LogP contribution in [0.4, 0.5) is 0 Å². The van der Waals surface area contributed by atoms with Gasteiger partial charge in [-0.1, -0.05) is 0 Å². The fraction of sp³-hybridized carbons (Fsp3) is 1.00. The quantitative estimate of drug-likeness (QED) is 0.691. The molecule has 1 fully saturated rings. The summed E-state index contributed by atoms with van der Waals surface area (Å²) in [5.41, 5.74) is 0.302. The highest BCUT2D eigenvalue weighted by Gasteiger charge is 2.35. The molecule has 0 aromatic rings. The SMILES string of the molecule is CN(CCO)C1CN(C(C)(C)C)C1. The van der Waals surface area contributed by atoms with Crippen LogP contribution in [0.3, 0.4) is 0 Å². The molecule has 0 aromatic heterocycles. The van der Waals surface area contributed by atoms with E-state index in [0.717, 1.165) is 19.6 Å². The molecule has 1 heterocycles. The molecule has 13 heavy (non-hydrogen) atoms. The van der Waals surface area contributed by atoms with Gasteiger partial charge < -0.3 is 5.11 Å². The maximum absolute atomic E-state index is 8.78. The molecule has 1 saturated heterocycles. The van der Waals surface area contributed by atoms with Crippen LogP contribution in [0, 0.1) is 0 Å². The summed E-state index contributed by atoms with van der Waals surface area (Å²) in [6, 6.07) is 0.645. The molecule has 0 spiro atoms. The molecule has 1 rings (SSSR count). The molecule has 0 amide bonds. The Kier molecular flexibility index (Phi) is 3.33. The minimum absolute atomic E-state index is 0.266. The minimum Gasteiger partial charge on any atom is -0.395 e. The van der Waals surface area contributed by atoms with Gasteiger partial charge in [-0.3, -0.25) is 9.80 Å². The minimum atomic E-state index is 0.266. The second kappa shape index (κ2) is 3.95. The van der Waals surface area contributed by atoms with Crippen LogP contribution < -0.4 is 0 Å². The molecule has 0 saturated carbocycles. The van der Waals surface area contributed by atoms with E-state index in [1.54, 1.807) is 0 Å². The van der Waals surface area contributed by atoms with Crippen molar-refractivity contribution in [3.05, 3.63) is 0 Å². The summed E-state index contributed by atoms with van der Waals surface area (Å²) < 4.78 is 0. The molecule has 1 N–H and O–H groups in total. The lowest BCUT2D eigenvalue weighted by Gasteiger charge is -2.50. The Labute approximate surface area is 81.3 Å². The van der Waals surface area contributed by atoms with E-state index in [0.29, 0.717) is 11.6 Å². The van der Waals surface area contributed by atoms with Crippen LogP contribution in [0.1, 0.15) is 20.8 Å². The summed E-state index contributed by atoms with van der Waals surface area (Å²) >= 11 is 0. The summed E-state index contributed by atoms with van der Waals surface area (Å²) in [6.07, 6.45) is 0. The topological polar surface area (TPSA) is 26.7 Å². The zero-order chi connectivity index (χ0) is 10.1. The summed E-state index contributed by atoms with van der Waals surface area (Å²) in [6.45, 7) is 10.1. The van der Waals surface area contributed by atoms with E-state index in [1.165, 1.54) is 0 Å². The van der Waals surface area contributed by atoms with Crippen molar-refractivity contribution >= 4 is 0 Å². The number of aliphatic hydroxyl groups excluding tert-OH is 1. The van der Waals surface area contributed by atoms with Crippen LogP contribution in [-0.4, -0.2) is 59.8 Å². The van der Waals surface area contributed by atoms with E-state index in [9.17, 15) is 0 Å². The van der Waals surface area contributed by atoms with E-state index >= 15 is 0 Å². The number of hydrogen-bond acceptors (Lipinski definition) is 3. The lowest BCUT2D eigenvalue weighted by atomic mass is 9.97. The zero-order valence-corrected chi connectivity index (χ0v) is 9.25. The molecule has 1 aliphatic rings. The first kappa shape index (κ1) is 11.0. The van der Waals surface area contributed by atoms with Gasteiger partial charge in [0.25, 0.3) is 0 Å². The van der Waals surface area contributed by atoms with Crippen molar-refractivity contribution in [1.82, 2.24) is 9.80 Å². The van der Waals surface area contributed by atoms with Gasteiger partial charge in [-0.2, -0.15) is 0 Å². The maximum atomic E-state index is 8.78. The highest BCUT2D eigenvalue weighted by atomic mass is 16.3. The van der Waals surface area contributed by atoms with E-state index in [-0.39, 0.29) is 6.61 Å². The van der Waals surface area contributed by atoms with E-state index in [4.69, 9.17) is 5.11 Å². The number of likely N-dealkylation sites (tertiary alicyclic amines) is 1. The van der Waals surface area contributed by atoms with Gasteiger partial charge in [-0.05, 0) is 27.8 Å². The third-order valence-corrected chi connectivity index (χ3v) is 2.89. The Bertz CT molecular complexity index is 159. The van der Waals surface area contributed by atoms with Crippen molar-refractivity contribution in [3.8, 4) is 0 Å². The van der Waals surface area contributed by atoms with Crippen LogP contribution in [0.25, 0.3) is 0 Å². The smallest absolute Gasteiger partial charge is 0.0558 e. The summed E-state index contributed by atoms with van der Waals surface area (Å²) in [5.74, 6) is 0. The summed E-state index contributed by atoms with van der Waals surface area (Å²) in [5, 5.41) is 8.78. The third kappa shape index (κ3) is 2.66. The van der Waals surface area contributed by atoms with Crippen LogP contribution in [-0.2, 0) is 0 Å². The predicted molar refractivity (Wildman–Crippen MR) is 54.8 cm³/mol. The highest BCUT2D eigenvalue weighted by molar-refractivity contribution is 4.93. The van der Waals surface area contributed by atoms with Gasteiger partial charge >= 0.3 is 0 Å². The standard InChI is InChI=1S/C10H22N2O/c1-10(2,3)12-7-9(8-12)11(4)5-6-13/h9,13H,5-8H2,1-4H3. The Morgan fingerprint density at radius 1 is 1.38 bits per heavy atom. The van der Waals surface area contributed by atoms with E-state index in [2.05, 4.69) is 37.6 Å². The van der Waals surface area contributed by atoms with Crippen molar-refractivity contribution in [2.75, 3.05) is 33.3 Å². The van der Waals surface area contributed by atoms with Gasteiger partial charge in [-0.25, -0.2) is 0 Å². The molecule has 3 nitrogen and oxygen atoms in total. The molecule has 0 atom stereocenters. The molecule has 1 aliphatic heterocycles. The number of likely N-dealkylation sites (N-methyl/N-ethyl adjacent to an activating group) is 1. The van der Waals surface area contributed by atoms with Crippen molar-refractivity contribution in [3.63, 3.8) is 0 Å². The lowest BCUT2D eigenvalue weighted by Crippen LogP contribution is -2.64. The Hall–Kier alpha value is -0.120. The number of hydrogen-bond donors (Lipinski definition) is 1. The van der Waals surface area contributed by atoms with Crippen molar-refractivity contribution in [2.45, 2.75) is 32.4 Å². The predicted octanol–water partition coefficient (Wildman–Crippen LogP) is 0.393. The molecule has 0 aromatic carbocycles. The molecule has 3 heteroatoms. The van der Waals surface area contributed by atoms with Gasteiger partial charge in [0.05, 0.1) is 6.61 Å². The summed E-state index contributed by atoms with van der Waals surface area (Å²) in [7, 11) is 2.08. The van der Waals surface area contributed by atoms with Crippen molar-refractivity contribution < 1.29 is 5.11 Å². The molecular weight excluding hydrogens is 164 g/mol. The summed E-state index contributed by atoms with van der Waals surface area (Å²) in [4.78, 5) is 4.70. The molecule has 0 aliphatic carbocycles. The van der Waals surface area contributed by atoms with E-state index in [1.807, 2.05) is 0 Å². The van der Waals surface area contributed by atoms with E-state index < -0.39 is 0 Å². The van der Waals surface area contributed by atoms with Crippen LogP contribution in [0.15, 0.2) is 0 Å².